The molecule has 0 aliphatic heterocycles. The molecule has 0 radical (unpaired) electrons. The Hall–Kier alpha value is -4.07. The molecule has 0 aliphatic carbocycles. The fourth-order valence-electron chi connectivity index (χ4n) is 4.05. The van der Waals surface area contributed by atoms with E-state index in [9.17, 15) is 9.18 Å². The monoisotopic (exact) mass is 443 g/mol. The quantitative estimate of drug-likeness (QED) is 0.381. The van der Waals surface area contributed by atoms with E-state index >= 15 is 0 Å². The molecule has 0 saturated heterocycles. The third-order valence-corrected chi connectivity index (χ3v) is 5.69. The molecule has 0 unspecified atom stereocenters. The van der Waals surface area contributed by atoms with Crippen LogP contribution in [0.25, 0.3) is 33.4 Å². The summed E-state index contributed by atoms with van der Waals surface area (Å²) < 4.78 is 20.8. The summed E-state index contributed by atoms with van der Waals surface area (Å²) in [5, 5.41) is 7.54. The van der Waals surface area contributed by atoms with E-state index in [2.05, 4.69) is 25.0 Å². The van der Waals surface area contributed by atoms with Crippen LogP contribution in [0.2, 0.25) is 0 Å². The number of benzene rings is 2. The lowest BCUT2D eigenvalue weighted by molar-refractivity contribution is 0.0954. The van der Waals surface area contributed by atoms with Gasteiger partial charge < -0.3 is 14.4 Å². The van der Waals surface area contributed by atoms with Crippen molar-refractivity contribution in [1.29, 1.82) is 0 Å². The van der Waals surface area contributed by atoms with Gasteiger partial charge in [0.05, 0.1) is 33.4 Å². The molecule has 1 N–H and O–H groups in total. The summed E-state index contributed by atoms with van der Waals surface area (Å²) in [5.41, 5.74) is 4.56. The molecule has 0 atom stereocenters. The normalized spacial score (nSPS) is 11.4. The van der Waals surface area contributed by atoms with Crippen LogP contribution in [0, 0.1) is 19.7 Å². The van der Waals surface area contributed by atoms with Crippen LogP contribution in [-0.2, 0) is 6.54 Å². The first kappa shape index (κ1) is 20.8. The van der Waals surface area contributed by atoms with Crippen molar-refractivity contribution in [3.05, 3.63) is 77.5 Å². The zero-order valence-corrected chi connectivity index (χ0v) is 18.3. The number of halogens is 1. The topological polar surface area (TPSA) is 85.8 Å². The molecule has 7 nitrogen and oxygen atoms in total. The minimum absolute atomic E-state index is 0.232. The second kappa shape index (κ2) is 8.46. The molecule has 0 saturated carbocycles. The van der Waals surface area contributed by atoms with Crippen LogP contribution in [0.5, 0.6) is 0 Å². The molecule has 5 rings (SSSR count). The Balaban J connectivity index is 1.35. The van der Waals surface area contributed by atoms with Crippen LogP contribution in [0.3, 0.4) is 0 Å². The largest absolute Gasteiger partial charge is 0.352 e. The van der Waals surface area contributed by atoms with Crippen molar-refractivity contribution in [1.82, 2.24) is 25.0 Å². The van der Waals surface area contributed by atoms with Gasteiger partial charge in [-0.25, -0.2) is 14.4 Å². The number of fused-ring (bicyclic) bond motifs is 2. The number of nitrogens with one attached hydrogen (secondary N) is 1. The highest BCUT2D eigenvalue weighted by Crippen LogP contribution is 2.27. The van der Waals surface area contributed by atoms with E-state index in [0.29, 0.717) is 34.4 Å². The Morgan fingerprint density at radius 2 is 1.88 bits per heavy atom. The molecule has 8 heteroatoms. The number of carbonyl (C=O) groups excluding carboxylic acids is 1. The van der Waals surface area contributed by atoms with Crippen LogP contribution in [-0.4, -0.2) is 32.1 Å². The molecule has 1 amide bonds. The third kappa shape index (κ3) is 3.95. The number of amides is 1. The van der Waals surface area contributed by atoms with Crippen molar-refractivity contribution in [2.45, 2.75) is 26.8 Å². The van der Waals surface area contributed by atoms with Gasteiger partial charge in [0.15, 0.2) is 0 Å². The number of hydrogen-bond acceptors (Lipinski definition) is 5. The van der Waals surface area contributed by atoms with Gasteiger partial charge in [0.25, 0.3) is 11.6 Å². The predicted octanol–water partition coefficient (Wildman–Crippen LogP) is 4.82. The fourth-order valence-corrected chi connectivity index (χ4v) is 4.05. The maximum atomic E-state index is 13.3. The molecule has 3 heterocycles. The molecule has 5 aromatic rings. The van der Waals surface area contributed by atoms with Crippen molar-refractivity contribution in [3.63, 3.8) is 0 Å². The molecular formula is C25H22FN5O2. The van der Waals surface area contributed by atoms with Crippen molar-refractivity contribution in [2.75, 3.05) is 6.54 Å². The van der Waals surface area contributed by atoms with Gasteiger partial charge in [-0.3, -0.25) is 4.79 Å². The van der Waals surface area contributed by atoms with Crippen molar-refractivity contribution in [3.8, 4) is 11.3 Å². The van der Waals surface area contributed by atoms with Crippen LogP contribution < -0.4 is 5.32 Å². The molecule has 166 valence electrons. The zero-order valence-electron chi connectivity index (χ0n) is 18.3. The number of imidazole rings is 1. The second-order valence-electron chi connectivity index (χ2n) is 7.92. The second-order valence-corrected chi connectivity index (χ2v) is 7.92. The molecular weight excluding hydrogens is 421 g/mol. The molecule has 0 fully saturated rings. The van der Waals surface area contributed by atoms with E-state index in [1.165, 1.54) is 12.1 Å². The predicted molar refractivity (Wildman–Crippen MR) is 123 cm³/mol. The highest BCUT2D eigenvalue weighted by atomic mass is 19.1. The smallest absolute Gasteiger partial charge is 0.259 e. The summed E-state index contributed by atoms with van der Waals surface area (Å²) in [6, 6.07) is 15.7. The number of carbonyl (C=O) groups is 1. The Kier molecular flexibility index (Phi) is 5.34. The van der Waals surface area contributed by atoms with Crippen LogP contribution in [0.4, 0.5) is 4.39 Å². The summed E-state index contributed by atoms with van der Waals surface area (Å²) in [7, 11) is 0. The number of hydrogen-bond donors (Lipinski definition) is 1. The first-order valence-corrected chi connectivity index (χ1v) is 10.7. The minimum atomic E-state index is -0.339. The maximum absolute atomic E-state index is 13.3. The maximum Gasteiger partial charge on any atom is 0.259 e. The fraction of sp³-hybridized carbons (Fsp3) is 0.200. The first-order valence-electron chi connectivity index (χ1n) is 10.7. The molecule has 0 spiro atoms. The Bertz CT molecular complexity index is 1470. The summed E-state index contributed by atoms with van der Waals surface area (Å²) in [5.74, 6) is 0.376. The van der Waals surface area contributed by atoms with Crippen LogP contribution in [0.1, 0.15) is 28.3 Å². The van der Waals surface area contributed by atoms with E-state index in [4.69, 9.17) is 4.52 Å². The number of nitrogens with zero attached hydrogens (tertiary/aromatic N) is 4. The number of aromatic nitrogens is 4. The number of para-hydroxylation sites is 2. The van der Waals surface area contributed by atoms with Gasteiger partial charge >= 0.3 is 0 Å². The van der Waals surface area contributed by atoms with Crippen molar-refractivity contribution < 1.29 is 13.7 Å². The standard InChI is InChI=1S/C25H22FN5O2/c1-15-23-19(14-21(29-25(23)33-30-15)17-8-10-18(26)11-9-17)24(32)27-12-5-13-31-16(2)28-20-6-3-4-7-22(20)31/h3-4,6-11,14H,5,12-13H2,1-2H3,(H,27,32). The first-order chi connectivity index (χ1) is 16.0. The lowest BCUT2D eigenvalue weighted by Gasteiger charge is -2.10. The van der Waals surface area contributed by atoms with Gasteiger partial charge in [0, 0.05) is 18.7 Å². The van der Waals surface area contributed by atoms with E-state index in [1.807, 2.05) is 31.2 Å². The van der Waals surface area contributed by atoms with E-state index in [0.717, 1.165) is 29.8 Å². The van der Waals surface area contributed by atoms with Gasteiger partial charge in [0.1, 0.15) is 11.6 Å². The van der Waals surface area contributed by atoms with Gasteiger partial charge in [0.2, 0.25) is 0 Å². The Morgan fingerprint density at radius 1 is 1.09 bits per heavy atom. The van der Waals surface area contributed by atoms with Gasteiger partial charge in [-0.2, -0.15) is 0 Å². The average Bonchev–Trinajstić information content (AvgIpc) is 3.35. The summed E-state index contributed by atoms with van der Waals surface area (Å²) >= 11 is 0. The summed E-state index contributed by atoms with van der Waals surface area (Å²) in [4.78, 5) is 22.1. The average molecular weight is 443 g/mol. The van der Waals surface area contributed by atoms with Crippen LogP contribution in [0.15, 0.2) is 59.1 Å². The lowest BCUT2D eigenvalue weighted by Crippen LogP contribution is -2.25. The van der Waals surface area contributed by atoms with E-state index < -0.39 is 0 Å². The molecule has 0 aliphatic rings. The molecule has 0 bridgehead atoms. The molecule has 33 heavy (non-hydrogen) atoms. The SMILES string of the molecule is Cc1noc2nc(-c3ccc(F)cc3)cc(C(=O)NCCCn3c(C)nc4ccccc43)c12. The highest BCUT2D eigenvalue weighted by molar-refractivity contribution is 6.07. The van der Waals surface area contributed by atoms with Gasteiger partial charge in [-0.05, 0) is 62.7 Å². The Labute approximate surface area is 189 Å². The van der Waals surface area contributed by atoms with E-state index in [1.54, 1.807) is 25.1 Å². The van der Waals surface area contributed by atoms with Gasteiger partial charge in [-0.1, -0.05) is 17.3 Å². The number of pyridine rings is 1. The van der Waals surface area contributed by atoms with Crippen molar-refractivity contribution >= 4 is 28.0 Å². The summed E-state index contributed by atoms with van der Waals surface area (Å²) in [6.45, 7) is 4.99. The molecule has 2 aromatic carbocycles. The number of aryl methyl sites for hydroxylation is 3. The van der Waals surface area contributed by atoms with E-state index in [-0.39, 0.29) is 17.4 Å². The zero-order chi connectivity index (χ0) is 22.9. The third-order valence-electron chi connectivity index (χ3n) is 5.69. The van der Waals surface area contributed by atoms with Crippen LogP contribution >= 0.6 is 0 Å². The minimum Gasteiger partial charge on any atom is -0.352 e. The lowest BCUT2D eigenvalue weighted by atomic mass is 10.0. The highest BCUT2D eigenvalue weighted by Gasteiger charge is 2.19. The summed E-state index contributed by atoms with van der Waals surface area (Å²) in [6.07, 6.45) is 0.745. The number of rotatable bonds is 6. The van der Waals surface area contributed by atoms with Gasteiger partial charge in [-0.15, -0.1) is 0 Å². The molecule has 3 aromatic heterocycles. The van der Waals surface area contributed by atoms with Crippen molar-refractivity contribution in [2.24, 2.45) is 0 Å². The Morgan fingerprint density at radius 3 is 2.70 bits per heavy atom.